The Morgan fingerprint density at radius 1 is 1.36 bits per heavy atom. The molecule has 0 spiro atoms. The maximum absolute atomic E-state index is 10.2. The molecule has 0 aliphatic heterocycles. The number of rotatable bonds is 10. The average Bonchev–Trinajstić information content (AvgIpc) is 2.96. The van der Waals surface area contributed by atoms with Gasteiger partial charge in [0.1, 0.15) is 0 Å². The molecule has 144 valence electrons. The van der Waals surface area contributed by atoms with Gasteiger partial charge in [-0.2, -0.15) is 0 Å². The lowest BCUT2D eigenvalue weighted by molar-refractivity contribution is -0.137. The van der Waals surface area contributed by atoms with Crippen LogP contribution in [0.15, 0.2) is 36.5 Å². The Balaban J connectivity index is 0.000000547. The lowest BCUT2D eigenvalue weighted by Crippen LogP contribution is -2.20. The summed E-state index contributed by atoms with van der Waals surface area (Å²) in [5, 5.41) is 18.4. The van der Waals surface area contributed by atoms with Crippen LogP contribution in [0.4, 0.5) is 0 Å². The van der Waals surface area contributed by atoms with Crippen LogP contribution in [0.25, 0.3) is 0 Å². The molecule has 1 aliphatic carbocycles. The zero-order valence-electron chi connectivity index (χ0n) is 16.5. The quantitative estimate of drug-likeness (QED) is 0.372. The minimum absolute atomic E-state index is 0.282. The van der Waals surface area contributed by atoms with Crippen molar-refractivity contribution in [3.63, 3.8) is 0 Å². The van der Waals surface area contributed by atoms with Crippen LogP contribution < -0.4 is 0 Å². The summed E-state index contributed by atoms with van der Waals surface area (Å²) in [7, 11) is 0. The molecule has 1 rings (SSSR count). The van der Waals surface area contributed by atoms with E-state index in [4.69, 9.17) is 5.11 Å². The highest BCUT2D eigenvalue weighted by Crippen LogP contribution is 2.31. The Kier molecular flexibility index (Phi) is 13.1. The van der Waals surface area contributed by atoms with Crippen molar-refractivity contribution >= 4 is 5.97 Å². The van der Waals surface area contributed by atoms with E-state index < -0.39 is 11.6 Å². The second kappa shape index (κ2) is 13.9. The Morgan fingerprint density at radius 2 is 2.08 bits per heavy atom. The van der Waals surface area contributed by atoms with Crippen LogP contribution in [-0.4, -0.2) is 21.8 Å². The SMILES string of the molecule is C/C=C\CCCC(=O)O.C=C1CCCC1/C=C/C(C)(O)CCCCC. The van der Waals surface area contributed by atoms with Gasteiger partial charge in [0.05, 0.1) is 5.60 Å². The molecule has 0 aromatic rings. The van der Waals surface area contributed by atoms with E-state index in [1.165, 1.54) is 31.3 Å². The molecule has 0 heterocycles. The van der Waals surface area contributed by atoms with Gasteiger partial charge in [-0.25, -0.2) is 0 Å². The van der Waals surface area contributed by atoms with Gasteiger partial charge in [0.25, 0.3) is 0 Å². The summed E-state index contributed by atoms with van der Waals surface area (Å²) in [5.74, 6) is -0.197. The van der Waals surface area contributed by atoms with E-state index in [-0.39, 0.29) is 6.42 Å². The van der Waals surface area contributed by atoms with Crippen molar-refractivity contribution in [3.8, 4) is 0 Å². The van der Waals surface area contributed by atoms with Crippen molar-refractivity contribution in [2.45, 2.75) is 90.6 Å². The molecule has 0 amide bonds. The third-order valence-corrected chi connectivity index (χ3v) is 4.51. The summed E-state index contributed by atoms with van der Waals surface area (Å²) in [5.41, 5.74) is 0.707. The highest BCUT2D eigenvalue weighted by Gasteiger charge is 2.19. The number of unbranched alkanes of at least 4 members (excludes halogenated alkanes) is 3. The number of carboxylic acid groups (broad SMARTS) is 1. The fraction of sp³-hybridized carbons (Fsp3) is 0.682. The summed E-state index contributed by atoms with van der Waals surface area (Å²) in [6.45, 7) is 10.1. The lowest BCUT2D eigenvalue weighted by atomic mass is 9.94. The molecule has 2 unspecified atom stereocenters. The first-order valence-electron chi connectivity index (χ1n) is 9.74. The van der Waals surface area contributed by atoms with Crippen LogP contribution in [0, 0.1) is 5.92 Å². The molecule has 2 atom stereocenters. The second-order valence-electron chi connectivity index (χ2n) is 7.19. The van der Waals surface area contributed by atoms with Crippen LogP contribution >= 0.6 is 0 Å². The Labute approximate surface area is 154 Å². The number of aliphatic carboxylic acids is 1. The molecule has 1 aliphatic rings. The van der Waals surface area contributed by atoms with Gasteiger partial charge in [-0.1, -0.05) is 62.6 Å². The van der Waals surface area contributed by atoms with E-state index in [1.54, 1.807) is 0 Å². The van der Waals surface area contributed by atoms with Gasteiger partial charge in [0.2, 0.25) is 0 Å². The number of carboxylic acids is 1. The van der Waals surface area contributed by atoms with E-state index in [0.29, 0.717) is 5.92 Å². The van der Waals surface area contributed by atoms with Gasteiger partial charge in [0.15, 0.2) is 0 Å². The topological polar surface area (TPSA) is 57.5 Å². The summed E-state index contributed by atoms with van der Waals surface area (Å²) < 4.78 is 0. The zero-order chi connectivity index (χ0) is 19.1. The van der Waals surface area contributed by atoms with E-state index >= 15 is 0 Å². The molecule has 2 N–H and O–H groups in total. The standard InChI is InChI=1S/C15H26O.C7H12O2/c1-4-5-6-11-15(3,16)12-10-14-9-7-8-13(14)2;1-2-3-4-5-6-7(8)9/h10,12,14,16H,2,4-9,11H2,1,3H3;2-3H,4-6H2,1H3,(H,8,9)/b12-10+;3-2-. The van der Waals surface area contributed by atoms with Gasteiger partial charge < -0.3 is 10.2 Å². The Bertz CT molecular complexity index is 433. The number of carbonyl (C=O) groups is 1. The average molecular weight is 351 g/mol. The van der Waals surface area contributed by atoms with E-state index in [0.717, 1.165) is 32.1 Å². The van der Waals surface area contributed by atoms with Gasteiger partial charge >= 0.3 is 5.97 Å². The summed E-state index contributed by atoms with van der Waals surface area (Å²) in [6.07, 6.45) is 18.0. The maximum atomic E-state index is 10.2. The number of allylic oxidation sites excluding steroid dienone is 4. The molecular weight excluding hydrogens is 312 g/mol. The van der Waals surface area contributed by atoms with Gasteiger partial charge in [-0.3, -0.25) is 4.79 Å². The lowest BCUT2D eigenvalue weighted by Gasteiger charge is -2.19. The van der Waals surface area contributed by atoms with Crippen molar-refractivity contribution < 1.29 is 15.0 Å². The first-order chi connectivity index (χ1) is 11.8. The molecule has 0 bridgehead atoms. The van der Waals surface area contributed by atoms with Crippen LogP contribution in [0.1, 0.15) is 85.0 Å². The largest absolute Gasteiger partial charge is 0.481 e. The van der Waals surface area contributed by atoms with Crippen molar-refractivity contribution in [2.24, 2.45) is 5.92 Å². The first kappa shape index (κ1) is 23.6. The minimum atomic E-state index is -0.709. The maximum Gasteiger partial charge on any atom is 0.303 e. The normalized spacial score (nSPS) is 19.8. The van der Waals surface area contributed by atoms with Crippen molar-refractivity contribution in [1.82, 2.24) is 0 Å². The summed E-state index contributed by atoms with van der Waals surface area (Å²) >= 11 is 0. The Morgan fingerprint density at radius 3 is 2.60 bits per heavy atom. The number of aliphatic hydroxyl groups is 1. The third kappa shape index (κ3) is 13.6. The Hall–Kier alpha value is -1.35. The fourth-order valence-electron chi connectivity index (χ4n) is 2.85. The highest BCUT2D eigenvalue weighted by atomic mass is 16.4. The van der Waals surface area contributed by atoms with Gasteiger partial charge in [0, 0.05) is 6.42 Å². The second-order valence-corrected chi connectivity index (χ2v) is 7.19. The molecular formula is C22H38O3. The predicted octanol–water partition coefficient (Wildman–Crippen LogP) is 6.05. The van der Waals surface area contributed by atoms with Crippen LogP contribution in [0.2, 0.25) is 0 Å². The van der Waals surface area contributed by atoms with E-state index in [2.05, 4.69) is 19.6 Å². The molecule has 25 heavy (non-hydrogen) atoms. The van der Waals surface area contributed by atoms with Crippen molar-refractivity contribution in [2.75, 3.05) is 0 Å². The predicted molar refractivity (Wildman–Crippen MR) is 107 cm³/mol. The zero-order valence-corrected chi connectivity index (χ0v) is 16.5. The molecule has 0 aromatic heterocycles. The molecule has 3 nitrogen and oxygen atoms in total. The van der Waals surface area contributed by atoms with Crippen LogP contribution in [-0.2, 0) is 4.79 Å². The molecule has 0 aromatic carbocycles. The molecule has 3 heteroatoms. The van der Waals surface area contributed by atoms with Gasteiger partial charge in [-0.05, 0) is 58.3 Å². The summed E-state index contributed by atoms with van der Waals surface area (Å²) in [4.78, 5) is 9.94. The highest BCUT2D eigenvalue weighted by molar-refractivity contribution is 5.66. The molecule has 0 saturated heterocycles. The van der Waals surface area contributed by atoms with E-state index in [9.17, 15) is 9.90 Å². The molecule has 1 saturated carbocycles. The smallest absolute Gasteiger partial charge is 0.303 e. The molecule has 0 radical (unpaired) electrons. The molecule has 1 fully saturated rings. The van der Waals surface area contributed by atoms with Gasteiger partial charge in [-0.15, -0.1) is 0 Å². The minimum Gasteiger partial charge on any atom is -0.481 e. The third-order valence-electron chi connectivity index (χ3n) is 4.51. The number of hydrogen-bond donors (Lipinski definition) is 2. The fourth-order valence-corrected chi connectivity index (χ4v) is 2.85. The number of hydrogen-bond acceptors (Lipinski definition) is 2. The summed E-state index contributed by atoms with van der Waals surface area (Å²) in [6, 6.07) is 0. The van der Waals surface area contributed by atoms with Crippen LogP contribution in [0.5, 0.6) is 0 Å². The van der Waals surface area contributed by atoms with Crippen LogP contribution in [0.3, 0.4) is 0 Å². The van der Waals surface area contributed by atoms with E-state index in [1.807, 2.05) is 32.1 Å². The van der Waals surface area contributed by atoms with Crippen molar-refractivity contribution in [1.29, 1.82) is 0 Å². The first-order valence-corrected chi connectivity index (χ1v) is 9.74. The monoisotopic (exact) mass is 350 g/mol. The van der Waals surface area contributed by atoms with Crippen molar-refractivity contribution in [3.05, 3.63) is 36.5 Å².